The molecule has 1 atom stereocenters. The molecule has 1 saturated heterocycles. The number of hydrogen-bond donors (Lipinski definition) is 1. The predicted octanol–water partition coefficient (Wildman–Crippen LogP) is 0.419. The van der Waals surface area contributed by atoms with Crippen LogP contribution in [0.3, 0.4) is 0 Å². The first-order valence-electron chi connectivity index (χ1n) is 5.47. The lowest BCUT2D eigenvalue weighted by Crippen LogP contribution is -2.36. The van der Waals surface area contributed by atoms with E-state index < -0.39 is 0 Å². The maximum absolute atomic E-state index is 5.83. The van der Waals surface area contributed by atoms with Gasteiger partial charge in [-0.15, -0.1) is 0 Å². The summed E-state index contributed by atoms with van der Waals surface area (Å²) in [7, 11) is 0. The molecule has 1 aliphatic rings. The number of ether oxygens (including phenoxy) is 2. The molecule has 1 aliphatic heterocycles. The third kappa shape index (κ3) is 3.92. The van der Waals surface area contributed by atoms with Gasteiger partial charge in [0.05, 0.1) is 0 Å². The van der Waals surface area contributed by atoms with E-state index in [0.29, 0.717) is 19.3 Å². The molecular formula is C10H22N2O2. The summed E-state index contributed by atoms with van der Waals surface area (Å²) in [5.41, 5.74) is 5.83. The molecule has 0 radical (unpaired) electrons. The molecule has 0 aliphatic carbocycles. The maximum Gasteiger partial charge on any atom is 0.170 e. The van der Waals surface area contributed by atoms with Crippen molar-refractivity contribution in [2.45, 2.75) is 32.6 Å². The molecule has 4 nitrogen and oxygen atoms in total. The molecule has 0 bridgehead atoms. The molecule has 0 amide bonds. The van der Waals surface area contributed by atoms with Crippen LogP contribution < -0.4 is 5.73 Å². The van der Waals surface area contributed by atoms with Crippen molar-refractivity contribution in [3.63, 3.8) is 0 Å². The predicted molar refractivity (Wildman–Crippen MR) is 56.1 cm³/mol. The van der Waals surface area contributed by atoms with Gasteiger partial charge in [-0.3, -0.25) is 4.90 Å². The van der Waals surface area contributed by atoms with E-state index in [-0.39, 0.29) is 6.29 Å². The Morgan fingerprint density at radius 3 is 2.43 bits per heavy atom. The minimum Gasteiger partial charge on any atom is -0.352 e. The minimum absolute atomic E-state index is 0.0877. The zero-order valence-electron chi connectivity index (χ0n) is 9.24. The molecule has 1 fully saturated rings. The summed E-state index contributed by atoms with van der Waals surface area (Å²) in [6, 6.07) is 0.332. The van der Waals surface area contributed by atoms with Crippen molar-refractivity contribution in [2.75, 3.05) is 32.8 Å². The summed E-state index contributed by atoms with van der Waals surface area (Å²) in [5.74, 6) is 0. The molecule has 0 aromatic heterocycles. The second-order valence-corrected chi connectivity index (χ2v) is 3.65. The monoisotopic (exact) mass is 202 g/mol. The fourth-order valence-corrected chi connectivity index (χ4v) is 1.76. The van der Waals surface area contributed by atoms with Crippen LogP contribution in [0.2, 0.25) is 0 Å². The van der Waals surface area contributed by atoms with Gasteiger partial charge in [-0.1, -0.05) is 0 Å². The highest BCUT2D eigenvalue weighted by Crippen LogP contribution is 2.09. The normalized spacial score (nSPS) is 23.6. The molecule has 2 N–H and O–H groups in total. The zero-order chi connectivity index (χ0) is 10.4. The fourth-order valence-electron chi connectivity index (χ4n) is 1.76. The third-order valence-electron chi connectivity index (χ3n) is 2.42. The van der Waals surface area contributed by atoms with Gasteiger partial charge in [0.2, 0.25) is 0 Å². The standard InChI is InChI=1S/C10H22N2O2/c1-3-13-10(14-4-2)8-12-6-5-9(11)7-12/h9-10H,3-8,11H2,1-2H3. The van der Waals surface area contributed by atoms with Crippen LogP contribution in [0.25, 0.3) is 0 Å². The number of rotatable bonds is 6. The van der Waals surface area contributed by atoms with Crippen LogP contribution >= 0.6 is 0 Å². The molecule has 84 valence electrons. The Morgan fingerprint density at radius 2 is 2.00 bits per heavy atom. The van der Waals surface area contributed by atoms with Gasteiger partial charge < -0.3 is 15.2 Å². The van der Waals surface area contributed by atoms with Gasteiger partial charge in [-0.25, -0.2) is 0 Å². The van der Waals surface area contributed by atoms with Gasteiger partial charge in [0.1, 0.15) is 0 Å². The number of nitrogens with zero attached hydrogens (tertiary/aromatic N) is 1. The summed E-state index contributed by atoms with van der Waals surface area (Å²) < 4.78 is 10.9. The van der Waals surface area contributed by atoms with Crippen LogP contribution in [0.15, 0.2) is 0 Å². The number of likely N-dealkylation sites (tertiary alicyclic amines) is 1. The molecule has 0 aromatic rings. The molecule has 1 unspecified atom stereocenters. The molecule has 4 heteroatoms. The molecule has 0 spiro atoms. The van der Waals surface area contributed by atoms with Crippen molar-refractivity contribution in [3.05, 3.63) is 0 Å². The Morgan fingerprint density at radius 1 is 1.36 bits per heavy atom. The maximum atomic E-state index is 5.83. The van der Waals surface area contributed by atoms with E-state index in [4.69, 9.17) is 15.2 Å². The van der Waals surface area contributed by atoms with E-state index in [2.05, 4.69) is 4.90 Å². The second-order valence-electron chi connectivity index (χ2n) is 3.65. The zero-order valence-corrected chi connectivity index (χ0v) is 9.24. The number of hydrogen-bond acceptors (Lipinski definition) is 4. The van der Waals surface area contributed by atoms with E-state index >= 15 is 0 Å². The van der Waals surface area contributed by atoms with Crippen molar-refractivity contribution in [1.82, 2.24) is 4.90 Å². The van der Waals surface area contributed by atoms with Crippen molar-refractivity contribution in [2.24, 2.45) is 5.73 Å². The molecule has 0 aromatic carbocycles. The van der Waals surface area contributed by atoms with Crippen LogP contribution in [0, 0.1) is 0 Å². The minimum atomic E-state index is -0.0877. The topological polar surface area (TPSA) is 47.7 Å². The lowest BCUT2D eigenvalue weighted by molar-refractivity contribution is -0.145. The SMILES string of the molecule is CCOC(CN1CCC(N)C1)OCC. The first-order valence-corrected chi connectivity index (χ1v) is 5.47. The van der Waals surface area contributed by atoms with Gasteiger partial charge in [0.25, 0.3) is 0 Å². The van der Waals surface area contributed by atoms with E-state index in [1.165, 1.54) is 0 Å². The largest absolute Gasteiger partial charge is 0.352 e. The first-order chi connectivity index (χ1) is 6.76. The highest BCUT2D eigenvalue weighted by atomic mass is 16.7. The summed E-state index contributed by atoms with van der Waals surface area (Å²) in [4.78, 5) is 2.31. The number of nitrogens with two attached hydrogens (primary N) is 1. The van der Waals surface area contributed by atoms with Crippen molar-refractivity contribution in [3.8, 4) is 0 Å². The summed E-state index contributed by atoms with van der Waals surface area (Å²) in [5, 5.41) is 0. The van der Waals surface area contributed by atoms with Crippen molar-refractivity contribution in [1.29, 1.82) is 0 Å². The van der Waals surface area contributed by atoms with Crippen LogP contribution in [0.4, 0.5) is 0 Å². The average molecular weight is 202 g/mol. The summed E-state index contributed by atoms with van der Waals surface area (Å²) in [6.45, 7) is 8.25. The van der Waals surface area contributed by atoms with Crippen molar-refractivity contribution < 1.29 is 9.47 Å². The molecule has 1 rings (SSSR count). The van der Waals surface area contributed by atoms with E-state index in [0.717, 1.165) is 26.1 Å². The summed E-state index contributed by atoms with van der Waals surface area (Å²) >= 11 is 0. The van der Waals surface area contributed by atoms with Crippen LogP contribution in [0.5, 0.6) is 0 Å². The highest BCUT2D eigenvalue weighted by Gasteiger charge is 2.22. The smallest absolute Gasteiger partial charge is 0.170 e. The van der Waals surface area contributed by atoms with E-state index in [1.807, 2.05) is 13.8 Å². The Bertz CT molecular complexity index is 149. The quantitative estimate of drug-likeness (QED) is 0.634. The first kappa shape index (κ1) is 11.9. The summed E-state index contributed by atoms with van der Waals surface area (Å²) in [6.07, 6.45) is 1.00. The Hall–Kier alpha value is -0.160. The molecular weight excluding hydrogens is 180 g/mol. The Labute approximate surface area is 86.3 Å². The lowest BCUT2D eigenvalue weighted by atomic mass is 10.3. The van der Waals surface area contributed by atoms with Gasteiger partial charge in [0.15, 0.2) is 6.29 Å². The third-order valence-corrected chi connectivity index (χ3v) is 2.42. The van der Waals surface area contributed by atoms with Gasteiger partial charge >= 0.3 is 0 Å². The fraction of sp³-hybridized carbons (Fsp3) is 1.00. The molecule has 1 heterocycles. The van der Waals surface area contributed by atoms with Crippen LogP contribution in [0.1, 0.15) is 20.3 Å². The molecule has 0 saturated carbocycles. The Kier molecular flexibility index (Phi) is 5.40. The second kappa shape index (κ2) is 6.35. The van der Waals surface area contributed by atoms with E-state index in [1.54, 1.807) is 0 Å². The lowest BCUT2D eigenvalue weighted by Gasteiger charge is -2.23. The highest BCUT2D eigenvalue weighted by molar-refractivity contribution is 4.78. The van der Waals surface area contributed by atoms with Crippen LogP contribution in [-0.4, -0.2) is 50.1 Å². The molecule has 14 heavy (non-hydrogen) atoms. The van der Waals surface area contributed by atoms with Gasteiger partial charge in [0, 0.05) is 32.3 Å². The average Bonchev–Trinajstić information content (AvgIpc) is 2.52. The van der Waals surface area contributed by atoms with Crippen LogP contribution in [-0.2, 0) is 9.47 Å². The Balaban J connectivity index is 2.24. The van der Waals surface area contributed by atoms with Gasteiger partial charge in [-0.2, -0.15) is 0 Å². The van der Waals surface area contributed by atoms with Crippen molar-refractivity contribution >= 4 is 0 Å². The van der Waals surface area contributed by atoms with Gasteiger partial charge in [-0.05, 0) is 26.8 Å². The van der Waals surface area contributed by atoms with E-state index in [9.17, 15) is 0 Å².